The van der Waals surface area contributed by atoms with Gasteiger partial charge in [0.05, 0.1) is 11.3 Å². The minimum Gasteiger partial charge on any atom is -0.368 e. The Morgan fingerprint density at radius 3 is 3.00 bits per heavy atom. The van der Waals surface area contributed by atoms with Crippen molar-refractivity contribution in [1.82, 2.24) is 19.9 Å². The molecule has 1 aliphatic rings. The maximum atomic E-state index is 12.5. The number of hydrogen-bond donors (Lipinski definition) is 1. The van der Waals surface area contributed by atoms with E-state index in [-0.39, 0.29) is 17.8 Å². The quantitative estimate of drug-likeness (QED) is 0.902. The summed E-state index contributed by atoms with van der Waals surface area (Å²) in [6.45, 7) is 1.43. The van der Waals surface area contributed by atoms with E-state index in [9.17, 15) is 4.79 Å². The summed E-state index contributed by atoms with van der Waals surface area (Å²) >= 11 is 0. The molecule has 1 atom stereocenters. The van der Waals surface area contributed by atoms with Crippen LogP contribution in [-0.4, -0.2) is 38.8 Å². The second kappa shape index (κ2) is 5.87. The SMILES string of the molecule is Nc1nccc([C@H]2CCCN(C(=O)c3cccnc3)C2)n1. The lowest BCUT2D eigenvalue weighted by Gasteiger charge is -2.32. The molecule has 0 aliphatic carbocycles. The van der Waals surface area contributed by atoms with Crippen LogP contribution in [0.5, 0.6) is 0 Å². The Labute approximate surface area is 123 Å². The lowest BCUT2D eigenvalue weighted by molar-refractivity contribution is 0.0705. The molecule has 2 N–H and O–H groups in total. The van der Waals surface area contributed by atoms with Gasteiger partial charge in [0.25, 0.3) is 5.91 Å². The maximum absolute atomic E-state index is 12.5. The summed E-state index contributed by atoms with van der Waals surface area (Å²) in [6, 6.07) is 5.44. The normalized spacial score (nSPS) is 18.5. The number of likely N-dealkylation sites (tertiary alicyclic amines) is 1. The third kappa shape index (κ3) is 2.99. The molecule has 3 rings (SSSR count). The number of carbonyl (C=O) groups excluding carboxylic acids is 1. The molecule has 0 saturated carbocycles. The number of pyridine rings is 1. The number of amides is 1. The number of hydrogen-bond acceptors (Lipinski definition) is 5. The predicted molar refractivity (Wildman–Crippen MR) is 78.6 cm³/mol. The maximum Gasteiger partial charge on any atom is 0.255 e. The molecule has 3 heterocycles. The van der Waals surface area contributed by atoms with Crippen molar-refractivity contribution in [2.45, 2.75) is 18.8 Å². The van der Waals surface area contributed by atoms with Crippen LogP contribution in [0.4, 0.5) is 5.95 Å². The largest absolute Gasteiger partial charge is 0.368 e. The average molecular weight is 283 g/mol. The van der Waals surface area contributed by atoms with Gasteiger partial charge in [0.15, 0.2) is 0 Å². The van der Waals surface area contributed by atoms with Crippen LogP contribution in [0.3, 0.4) is 0 Å². The van der Waals surface area contributed by atoms with Gasteiger partial charge in [-0.05, 0) is 31.0 Å². The molecular weight excluding hydrogens is 266 g/mol. The van der Waals surface area contributed by atoms with Gasteiger partial charge in [0.1, 0.15) is 0 Å². The van der Waals surface area contributed by atoms with E-state index in [1.807, 2.05) is 11.0 Å². The van der Waals surface area contributed by atoms with Gasteiger partial charge in [-0.15, -0.1) is 0 Å². The van der Waals surface area contributed by atoms with Gasteiger partial charge in [-0.2, -0.15) is 0 Å². The molecule has 0 radical (unpaired) electrons. The van der Waals surface area contributed by atoms with Gasteiger partial charge in [0.2, 0.25) is 5.95 Å². The molecule has 1 amide bonds. The number of carbonyl (C=O) groups is 1. The number of aromatic nitrogens is 3. The highest BCUT2D eigenvalue weighted by molar-refractivity contribution is 5.93. The van der Waals surface area contributed by atoms with Crippen molar-refractivity contribution >= 4 is 11.9 Å². The number of nitrogens with two attached hydrogens (primary N) is 1. The number of nitrogens with zero attached hydrogens (tertiary/aromatic N) is 4. The molecule has 21 heavy (non-hydrogen) atoms. The van der Waals surface area contributed by atoms with Crippen LogP contribution in [-0.2, 0) is 0 Å². The summed E-state index contributed by atoms with van der Waals surface area (Å²) in [5.41, 5.74) is 7.17. The van der Waals surface area contributed by atoms with Crippen LogP contribution >= 0.6 is 0 Å². The fourth-order valence-electron chi connectivity index (χ4n) is 2.69. The van der Waals surface area contributed by atoms with Crippen LogP contribution in [0.25, 0.3) is 0 Å². The number of nitrogen functional groups attached to an aromatic ring is 1. The minimum absolute atomic E-state index is 0.0230. The van der Waals surface area contributed by atoms with Crippen LogP contribution < -0.4 is 5.73 Å². The number of piperidine rings is 1. The molecule has 0 bridgehead atoms. The van der Waals surface area contributed by atoms with Crippen molar-refractivity contribution in [1.29, 1.82) is 0 Å². The topological polar surface area (TPSA) is 85.0 Å². The van der Waals surface area contributed by atoms with Crippen molar-refractivity contribution in [2.24, 2.45) is 0 Å². The number of anilines is 1. The molecule has 6 nitrogen and oxygen atoms in total. The van der Waals surface area contributed by atoms with Gasteiger partial charge in [-0.3, -0.25) is 9.78 Å². The molecule has 6 heteroatoms. The van der Waals surface area contributed by atoms with E-state index in [2.05, 4.69) is 15.0 Å². The molecule has 0 aromatic carbocycles. The van der Waals surface area contributed by atoms with Crippen molar-refractivity contribution in [2.75, 3.05) is 18.8 Å². The van der Waals surface area contributed by atoms with E-state index in [1.54, 1.807) is 30.7 Å². The molecule has 0 spiro atoms. The molecule has 1 fully saturated rings. The standard InChI is InChI=1S/C15H17N5O/c16-15-18-7-5-13(19-15)12-4-2-8-20(10-12)14(21)11-3-1-6-17-9-11/h1,3,5-7,9,12H,2,4,8,10H2,(H2,16,18,19)/t12-/m0/s1. The van der Waals surface area contributed by atoms with Crippen molar-refractivity contribution in [3.63, 3.8) is 0 Å². The smallest absolute Gasteiger partial charge is 0.255 e. The Morgan fingerprint density at radius 2 is 2.24 bits per heavy atom. The van der Waals surface area contributed by atoms with Gasteiger partial charge < -0.3 is 10.6 Å². The molecule has 2 aromatic rings. The van der Waals surface area contributed by atoms with Crippen LogP contribution in [0.2, 0.25) is 0 Å². The first-order valence-electron chi connectivity index (χ1n) is 7.02. The Hall–Kier alpha value is -2.50. The Kier molecular flexibility index (Phi) is 3.77. The molecule has 2 aromatic heterocycles. The minimum atomic E-state index is 0.0230. The van der Waals surface area contributed by atoms with E-state index < -0.39 is 0 Å². The Bertz CT molecular complexity index is 631. The van der Waals surface area contributed by atoms with Crippen LogP contribution in [0.15, 0.2) is 36.8 Å². The fourth-order valence-corrected chi connectivity index (χ4v) is 2.69. The monoisotopic (exact) mass is 283 g/mol. The summed E-state index contributed by atoms with van der Waals surface area (Å²) in [5.74, 6) is 0.516. The highest BCUT2D eigenvalue weighted by Gasteiger charge is 2.26. The van der Waals surface area contributed by atoms with E-state index in [4.69, 9.17) is 5.73 Å². The highest BCUT2D eigenvalue weighted by atomic mass is 16.2. The molecular formula is C15H17N5O. The summed E-state index contributed by atoms with van der Waals surface area (Å²) in [5, 5.41) is 0. The third-order valence-corrected chi connectivity index (χ3v) is 3.73. The summed E-state index contributed by atoms with van der Waals surface area (Å²) < 4.78 is 0. The van der Waals surface area contributed by atoms with E-state index in [0.717, 1.165) is 25.1 Å². The fraction of sp³-hybridized carbons (Fsp3) is 0.333. The van der Waals surface area contributed by atoms with Gasteiger partial charge >= 0.3 is 0 Å². The van der Waals surface area contributed by atoms with Gasteiger partial charge in [0, 0.05) is 37.6 Å². The third-order valence-electron chi connectivity index (χ3n) is 3.73. The summed E-state index contributed by atoms with van der Waals surface area (Å²) in [4.78, 5) is 26.5. The lowest BCUT2D eigenvalue weighted by Crippen LogP contribution is -2.39. The summed E-state index contributed by atoms with van der Waals surface area (Å²) in [7, 11) is 0. The van der Waals surface area contributed by atoms with Crippen molar-refractivity contribution in [3.05, 3.63) is 48.0 Å². The lowest BCUT2D eigenvalue weighted by atomic mass is 9.94. The Morgan fingerprint density at radius 1 is 1.33 bits per heavy atom. The van der Waals surface area contributed by atoms with Crippen LogP contribution in [0, 0.1) is 0 Å². The molecule has 1 saturated heterocycles. The zero-order valence-corrected chi connectivity index (χ0v) is 11.6. The van der Waals surface area contributed by atoms with Crippen molar-refractivity contribution < 1.29 is 4.79 Å². The molecule has 1 aliphatic heterocycles. The van der Waals surface area contributed by atoms with Gasteiger partial charge in [-0.1, -0.05) is 0 Å². The van der Waals surface area contributed by atoms with Crippen LogP contribution in [0.1, 0.15) is 34.8 Å². The van der Waals surface area contributed by atoms with Gasteiger partial charge in [-0.25, -0.2) is 9.97 Å². The van der Waals surface area contributed by atoms with E-state index in [1.165, 1.54) is 0 Å². The Balaban J connectivity index is 1.75. The zero-order chi connectivity index (χ0) is 14.7. The highest BCUT2D eigenvalue weighted by Crippen LogP contribution is 2.26. The number of rotatable bonds is 2. The molecule has 108 valence electrons. The second-order valence-corrected chi connectivity index (χ2v) is 5.17. The van der Waals surface area contributed by atoms with E-state index >= 15 is 0 Å². The molecule has 0 unspecified atom stereocenters. The first kappa shape index (κ1) is 13.5. The average Bonchev–Trinajstić information content (AvgIpc) is 2.55. The first-order valence-corrected chi connectivity index (χ1v) is 7.02. The summed E-state index contributed by atoms with van der Waals surface area (Å²) in [6.07, 6.45) is 6.90. The van der Waals surface area contributed by atoms with Crippen molar-refractivity contribution in [3.8, 4) is 0 Å². The van der Waals surface area contributed by atoms with E-state index in [0.29, 0.717) is 12.1 Å². The second-order valence-electron chi connectivity index (χ2n) is 5.17. The predicted octanol–water partition coefficient (Wildman–Crippen LogP) is 1.47. The first-order chi connectivity index (χ1) is 10.2. The zero-order valence-electron chi connectivity index (χ0n) is 11.6.